The van der Waals surface area contributed by atoms with Gasteiger partial charge in [0.15, 0.2) is 5.69 Å². The van der Waals surface area contributed by atoms with E-state index in [0.717, 1.165) is 56.2 Å². The number of rotatable bonds is 2. The Balaban J connectivity index is 1.38. The first-order chi connectivity index (χ1) is 12.2. The molecule has 1 aromatic carbocycles. The fourth-order valence-electron chi connectivity index (χ4n) is 5.13. The second-order valence-electron chi connectivity index (χ2n) is 7.70. The third-order valence-electron chi connectivity index (χ3n) is 6.32. The number of H-pyrrole nitrogens is 1. The molecule has 0 saturated carbocycles. The van der Waals surface area contributed by atoms with Crippen molar-refractivity contribution in [2.45, 2.75) is 62.9 Å². The van der Waals surface area contributed by atoms with Gasteiger partial charge in [0.2, 0.25) is 0 Å². The van der Waals surface area contributed by atoms with Crippen LogP contribution in [0.25, 0.3) is 0 Å². The number of hydrogen-bond acceptors (Lipinski definition) is 2. The van der Waals surface area contributed by atoms with Gasteiger partial charge in [-0.1, -0.05) is 12.1 Å². The first-order valence-electron chi connectivity index (χ1n) is 9.35. The zero-order valence-corrected chi connectivity index (χ0v) is 14.2. The normalized spacial score (nSPS) is 27.6. The highest BCUT2D eigenvalue weighted by atomic mass is 19.1. The van der Waals surface area contributed by atoms with Crippen LogP contribution in [0, 0.1) is 5.82 Å². The average molecular weight is 339 g/mol. The Hall–Kier alpha value is -2.17. The molecule has 1 amide bonds. The van der Waals surface area contributed by atoms with Crippen molar-refractivity contribution in [2.24, 2.45) is 0 Å². The Morgan fingerprint density at radius 2 is 1.84 bits per heavy atom. The lowest BCUT2D eigenvalue weighted by atomic mass is 9.85. The highest BCUT2D eigenvalue weighted by Gasteiger charge is 2.45. The average Bonchev–Trinajstić information content (AvgIpc) is 3.28. The number of carbonyl (C=O) groups excluding carboxylic acids is 1. The summed E-state index contributed by atoms with van der Waals surface area (Å²) in [4.78, 5) is 15.3. The Kier molecular flexibility index (Phi) is 3.43. The smallest absolute Gasteiger partial charge is 0.275 e. The molecule has 1 N–H and O–H groups in total. The molecule has 0 unspecified atom stereocenters. The van der Waals surface area contributed by atoms with Crippen molar-refractivity contribution in [3.63, 3.8) is 0 Å². The molecule has 2 fully saturated rings. The number of amides is 1. The molecule has 2 atom stereocenters. The van der Waals surface area contributed by atoms with Crippen molar-refractivity contribution in [2.75, 3.05) is 0 Å². The van der Waals surface area contributed by atoms with E-state index >= 15 is 0 Å². The molecule has 4 nitrogen and oxygen atoms in total. The van der Waals surface area contributed by atoms with E-state index in [4.69, 9.17) is 0 Å². The van der Waals surface area contributed by atoms with Gasteiger partial charge in [-0.25, -0.2) is 4.39 Å². The number of nitrogens with zero attached hydrogens (tertiary/aromatic N) is 2. The molecule has 1 aromatic heterocycles. The van der Waals surface area contributed by atoms with E-state index in [2.05, 4.69) is 15.1 Å². The maximum Gasteiger partial charge on any atom is 0.275 e. The molecular weight excluding hydrogens is 317 g/mol. The lowest BCUT2D eigenvalue weighted by Gasteiger charge is -2.39. The van der Waals surface area contributed by atoms with Gasteiger partial charge >= 0.3 is 0 Å². The summed E-state index contributed by atoms with van der Waals surface area (Å²) in [6.07, 6.45) is 7.18. The van der Waals surface area contributed by atoms with Crippen molar-refractivity contribution in [3.8, 4) is 0 Å². The molecule has 0 radical (unpaired) electrons. The van der Waals surface area contributed by atoms with Crippen molar-refractivity contribution in [3.05, 3.63) is 52.6 Å². The van der Waals surface area contributed by atoms with E-state index in [9.17, 15) is 9.18 Å². The molecule has 25 heavy (non-hydrogen) atoms. The van der Waals surface area contributed by atoms with Crippen molar-refractivity contribution in [1.29, 1.82) is 0 Å². The lowest BCUT2D eigenvalue weighted by molar-refractivity contribution is 0.0564. The molecule has 1 aliphatic carbocycles. The van der Waals surface area contributed by atoms with Gasteiger partial charge in [0.1, 0.15) is 5.82 Å². The zero-order chi connectivity index (χ0) is 17.0. The van der Waals surface area contributed by atoms with E-state index in [1.165, 1.54) is 5.56 Å². The number of hydrogen-bond donors (Lipinski definition) is 1. The van der Waals surface area contributed by atoms with Crippen LogP contribution in [-0.4, -0.2) is 33.1 Å². The van der Waals surface area contributed by atoms with Crippen LogP contribution in [0.15, 0.2) is 24.3 Å². The van der Waals surface area contributed by atoms with Gasteiger partial charge < -0.3 is 4.90 Å². The molecule has 2 aromatic rings. The molecule has 2 saturated heterocycles. The lowest BCUT2D eigenvalue weighted by Crippen LogP contribution is -2.46. The Morgan fingerprint density at radius 1 is 1.12 bits per heavy atom. The van der Waals surface area contributed by atoms with Crippen LogP contribution in [0.5, 0.6) is 0 Å². The first kappa shape index (κ1) is 15.1. The van der Waals surface area contributed by atoms with E-state index in [1.54, 1.807) is 12.1 Å². The quantitative estimate of drug-likeness (QED) is 0.909. The van der Waals surface area contributed by atoms with Crippen LogP contribution >= 0.6 is 0 Å². The first-order valence-corrected chi connectivity index (χ1v) is 9.35. The summed E-state index contributed by atoms with van der Waals surface area (Å²) in [7, 11) is 0. The number of aromatic nitrogens is 2. The van der Waals surface area contributed by atoms with Gasteiger partial charge in [-0.2, -0.15) is 5.10 Å². The molecule has 2 bridgehead atoms. The number of benzene rings is 1. The van der Waals surface area contributed by atoms with Crippen LogP contribution < -0.4 is 0 Å². The van der Waals surface area contributed by atoms with E-state index in [1.807, 2.05) is 12.1 Å². The second kappa shape index (κ2) is 5.68. The molecule has 0 spiro atoms. The van der Waals surface area contributed by atoms with Gasteiger partial charge in [-0.05, 0) is 68.6 Å². The topological polar surface area (TPSA) is 49.0 Å². The summed E-state index contributed by atoms with van der Waals surface area (Å²) in [5.41, 5.74) is 4.15. The Bertz CT molecular complexity index is 799. The van der Waals surface area contributed by atoms with Crippen LogP contribution in [0.4, 0.5) is 4.39 Å². The summed E-state index contributed by atoms with van der Waals surface area (Å²) in [6, 6.07) is 7.46. The van der Waals surface area contributed by atoms with Gasteiger partial charge in [0.05, 0.1) is 0 Å². The minimum atomic E-state index is -0.188. The molecule has 3 heterocycles. The number of piperidine rings is 1. The summed E-state index contributed by atoms with van der Waals surface area (Å²) in [6.45, 7) is 0. The molecule has 130 valence electrons. The fourth-order valence-corrected chi connectivity index (χ4v) is 5.13. The van der Waals surface area contributed by atoms with Gasteiger partial charge in [-0.3, -0.25) is 9.89 Å². The Morgan fingerprint density at radius 3 is 2.56 bits per heavy atom. The summed E-state index contributed by atoms with van der Waals surface area (Å²) < 4.78 is 13.2. The summed E-state index contributed by atoms with van der Waals surface area (Å²) >= 11 is 0. The number of aromatic amines is 1. The number of nitrogens with one attached hydrogen (secondary N) is 1. The number of aryl methyl sites for hydroxylation is 1. The second-order valence-corrected chi connectivity index (χ2v) is 7.70. The van der Waals surface area contributed by atoms with Gasteiger partial charge in [0.25, 0.3) is 5.91 Å². The fraction of sp³-hybridized carbons (Fsp3) is 0.500. The monoisotopic (exact) mass is 339 g/mol. The molecule has 5 heteroatoms. The van der Waals surface area contributed by atoms with E-state index in [-0.39, 0.29) is 23.8 Å². The van der Waals surface area contributed by atoms with Crippen LogP contribution in [0.2, 0.25) is 0 Å². The van der Waals surface area contributed by atoms with Crippen molar-refractivity contribution < 1.29 is 9.18 Å². The third kappa shape index (κ3) is 2.40. The molecule has 5 rings (SSSR count). The van der Waals surface area contributed by atoms with E-state index < -0.39 is 0 Å². The maximum absolute atomic E-state index is 13.2. The molecular formula is C20H22FN3O. The largest absolute Gasteiger partial charge is 0.331 e. The predicted molar refractivity (Wildman–Crippen MR) is 92.0 cm³/mol. The number of carbonyl (C=O) groups is 1. The van der Waals surface area contributed by atoms with Gasteiger partial charge in [-0.15, -0.1) is 0 Å². The molecule has 3 aliphatic rings. The number of halogens is 1. The SMILES string of the molecule is O=C(c1n[nH]c2c1CCC2)N1[C@@H]2CC[C@@H]1CC(c1ccc(F)cc1)C2. The summed E-state index contributed by atoms with van der Waals surface area (Å²) in [5, 5.41) is 7.40. The van der Waals surface area contributed by atoms with Crippen molar-refractivity contribution in [1.82, 2.24) is 15.1 Å². The minimum Gasteiger partial charge on any atom is -0.331 e. The summed E-state index contributed by atoms with van der Waals surface area (Å²) in [5.74, 6) is 0.350. The maximum atomic E-state index is 13.2. The predicted octanol–water partition coefficient (Wildman–Crippen LogP) is 3.59. The molecule has 2 aliphatic heterocycles. The van der Waals surface area contributed by atoms with Crippen LogP contribution in [0.1, 0.15) is 65.3 Å². The number of fused-ring (bicyclic) bond motifs is 3. The standard InChI is InChI=1S/C20H22FN3O/c21-14-6-4-12(5-7-14)13-10-15-8-9-16(11-13)24(15)20(25)19-17-2-1-3-18(17)22-23-19/h4-7,13,15-16H,1-3,8-11H2,(H,22,23)/t15-,16-/m1/s1. The Labute approximate surface area is 146 Å². The van der Waals surface area contributed by atoms with Crippen molar-refractivity contribution >= 4 is 5.91 Å². The minimum absolute atomic E-state index is 0.115. The highest BCUT2D eigenvalue weighted by molar-refractivity contribution is 5.95. The zero-order valence-electron chi connectivity index (χ0n) is 14.2. The third-order valence-corrected chi connectivity index (χ3v) is 6.32. The van der Waals surface area contributed by atoms with Gasteiger partial charge in [0, 0.05) is 23.3 Å². The van der Waals surface area contributed by atoms with Crippen LogP contribution in [-0.2, 0) is 12.8 Å². The van der Waals surface area contributed by atoms with Crippen LogP contribution in [0.3, 0.4) is 0 Å². The highest BCUT2D eigenvalue weighted by Crippen LogP contribution is 2.44. The van der Waals surface area contributed by atoms with E-state index in [0.29, 0.717) is 11.6 Å².